The number of carbonyl (C=O) groups excluding carboxylic acids is 2. The maximum Gasteiger partial charge on any atom is 0.374 e. The number of nitrogens with two attached hydrogens (primary N) is 1. The Morgan fingerprint density at radius 3 is 2.48 bits per heavy atom. The molecule has 1 amide bonds. The molecule has 150 valence electrons. The van der Waals surface area contributed by atoms with E-state index in [1.165, 1.54) is 60.7 Å². The second-order valence-electron chi connectivity index (χ2n) is 5.87. The van der Waals surface area contributed by atoms with Crippen molar-refractivity contribution in [1.29, 1.82) is 0 Å². The van der Waals surface area contributed by atoms with Crippen molar-refractivity contribution in [2.45, 2.75) is 4.90 Å². The summed E-state index contributed by atoms with van der Waals surface area (Å²) in [6.45, 7) is -0.620. The summed E-state index contributed by atoms with van der Waals surface area (Å²) >= 11 is 0. The van der Waals surface area contributed by atoms with Crippen LogP contribution < -0.4 is 10.5 Å². The van der Waals surface area contributed by atoms with E-state index in [0.29, 0.717) is 11.3 Å². The van der Waals surface area contributed by atoms with Gasteiger partial charge in [0, 0.05) is 11.3 Å². The van der Waals surface area contributed by atoms with E-state index in [4.69, 9.17) is 14.3 Å². The monoisotopic (exact) mass is 418 g/mol. The van der Waals surface area contributed by atoms with E-state index >= 15 is 0 Å². The molecular weight excluding hydrogens is 403 g/mol. The third-order valence-electron chi connectivity index (χ3n) is 3.72. The van der Waals surface area contributed by atoms with Gasteiger partial charge in [0.2, 0.25) is 15.8 Å². The van der Waals surface area contributed by atoms with Crippen molar-refractivity contribution in [1.82, 2.24) is 0 Å². The predicted octanol–water partition coefficient (Wildman–Crippen LogP) is 2.53. The smallest absolute Gasteiger partial charge is 0.374 e. The van der Waals surface area contributed by atoms with Crippen molar-refractivity contribution in [2.24, 2.45) is 5.14 Å². The predicted molar refractivity (Wildman–Crippen MR) is 101 cm³/mol. The minimum Gasteiger partial charge on any atom is -0.450 e. The molecule has 0 atom stereocenters. The Bertz CT molecular complexity index is 1160. The van der Waals surface area contributed by atoms with Gasteiger partial charge in [-0.15, -0.1) is 0 Å². The van der Waals surface area contributed by atoms with E-state index in [-0.39, 0.29) is 16.3 Å². The number of carbonyl (C=O) groups is 2. The average Bonchev–Trinajstić information content (AvgIpc) is 3.16. The van der Waals surface area contributed by atoms with E-state index in [1.807, 2.05) is 0 Å². The molecule has 29 heavy (non-hydrogen) atoms. The molecular formula is C19H15FN2O6S. The SMILES string of the molecule is NS(=O)(=O)c1cccc(NC(=O)COC(=O)c2ccc(-c3ccc(F)cc3)o2)c1. The summed E-state index contributed by atoms with van der Waals surface area (Å²) in [6.07, 6.45) is 0. The number of sulfonamides is 1. The summed E-state index contributed by atoms with van der Waals surface area (Å²) < 4.78 is 45.9. The molecule has 0 aliphatic carbocycles. The largest absolute Gasteiger partial charge is 0.450 e. The van der Waals surface area contributed by atoms with Crippen LogP contribution in [-0.2, 0) is 19.6 Å². The summed E-state index contributed by atoms with van der Waals surface area (Å²) in [5, 5.41) is 7.43. The van der Waals surface area contributed by atoms with Gasteiger partial charge in [0.05, 0.1) is 4.90 Å². The lowest BCUT2D eigenvalue weighted by Gasteiger charge is -2.07. The zero-order valence-electron chi connectivity index (χ0n) is 14.8. The van der Waals surface area contributed by atoms with Crippen LogP contribution in [-0.4, -0.2) is 26.9 Å². The molecule has 1 aromatic heterocycles. The first-order chi connectivity index (χ1) is 13.7. The second kappa shape index (κ2) is 8.25. The molecule has 0 aliphatic heterocycles. The van der Waals surface area contributed by atoms with Gasteiger partial charge in [-0.2, -0.15) is 0 Å². The topological polar surface area (TPSA) is 129 Å². The quantitative estimate of drug-likeness (QED) is 0.592. The highest BCUT2D eigenvalue weighted by Crippen LogP contribution is 2.23. The fraction of sp³-hybridized carbons (Fsp3) is 0.0526. The van der Waals surface area contributed by atoms with E-state index in [1.54, 1.807) is 0 Å². The molecule has 0 spiro atoms. The van der Waals surface area contributed by atoms with Crippen molar-refractivity contribution < 1.29 is 31.6 Å². The van der Waals surface area contributed by atoms with Crippen LogP contribution in [0.5, 0.6) is 0 Å². The number of halogens is 1. The van der Waals surface area contributed by atoms with Gasteiger partial charge in [-0.1, -0.05) is 6.07 Å². The third-order valence-corrected chi connectivity index (χ3v) is 4.63. The Labute approximate surface area is 165 Å². The summed E-state index contributed by atoms with van der Waals surface area (Å²) in [7, 11) is -3.92. The fourth-order valence-electron chi connectivity index (χ4n) is 2.37. The van der Waals surface area contributed by atoms with Crippen molar-refractivity contribution in [2.75, 3.05) is 11.9 Å². The van der Waals surface area contributed by atoms with E-state index in [9.17, 15) is 22.4 Å². The van der Waals surface area contributed by atoms with Gasteiger partial charge in [-0.25, -0.2) is 22.7 Å². The highest BCUT2D eigenvalue weighted by Gasteiger charge is 2.16. The highest BCUT2D eigenvalue weighted by atomic mass is 32.2. The number of primary sulfonamides is 1. The minimum atomic E-state index is -3.92. The van der Waals surface area contributed by atoms with Crippen molar-refractivity contribution >= 4 is 27.6 Å². The minimum absolute atomic E-state index is 0.131. The molecule has 0 saturated heterocycles. The Kier molecular flexibility index (Phi) is 5.76. The number of hydrogen-bond donors (Lipinski definition) is 2. The number of anilines is 1. The number of furan rings is 1. The molecule has 3 rings (SSSR count). The highest BCUT2D eigenvalue weighted by molar-refractivity contribution is 7.89. The van der Waals surface area contributed by atoms with Crippen molar-refractivity contribution in [3.63, 3.8) is 0 Å². The lowest BCUT2D eigenvalue weighted by Crippen LogP contribution is -2.21. The number of hydrogen-bond acceptors (Lipinski definition) is 6. The Morgan fingerprint density at radius 2 is 1.79 bits per heavy atom. The van der Waals surface area contributed by atoms with Crippen LogP contribution in [0, 0.1) is 5.82 Å². The molecule has 8 nitrogen and oxygen atoms in total. The van der Waals surface area contributed by atoms with Crippen LogP contribution in [0.25, 0.3) is 11.3 Å². The van der Waals surface area contributed by atoms with Gasteiger partial charge in [0.25, 0.3) is 5.91 Å². The van der Waals surface area contributed by atoms with Crippen LogP contribution in [0.1, 0.15) is 10.6 Å². The van der Waals surface area contributed by atoms with E-state index < -0.39 is 34.3 Å². The van der Waals surface area contributed by atoms with Crippen molar-refractivity contribution in [3.8, 4) is 11.3 Å². The van der Waals surface area contributed by atoms with Crippen LogP contribution >= 0.6 is 0 Å². The lowest BCUT2D eigenvalue weighted by molar-refractivity contribution is -0.119. The third kappa shape index (κ3) is 5.27. The van der Waals surface area contributed by atoms with Gasteiger partial charge >= 0.3 is 5.97 Å². The number of nitrogens with one attached hydrogen (secondary N) is 1. The maximum atomic E-state index is 13.0. The number of amides is 1. The Morgan fingerprint density at radius 1 is 1.07 bits per heavy atom. The van der Waals surface area contributed by atoms with Gasteiger partial charge in [-0.3, -0.25) is 4.79 Å². The molecule has 0 radical (unpaired) electrons. The van der Waals surface area contributed by atoms with E-state index in [2.05, 4.69) is 5.32 Å². The standard InChI is InChI=1S/C19H15FN2O6S/c20-13-6-4-12(5-7-13)16-8-9-17(28-16)19(24)27-11-18(23)22-14-2-1-3-15(10-14)29(21,25)26/h1-10H,11H2,(H,22,23)(H2,21,25,26). The summed E-state index contributed by atoms with van der Waals surface area (Å²) in [4.78, 5) is 23.8. The average molecular weight is 418 g/mol. The normalized spacial score (nSPS) is 11.1. The summed E-state index contributed by atoms with van der Waals surface area (Å²) in [5.74, 6) is -1.75. The number of benzene rings is 2. The zero-order valence-corrected chi connectivity index (χ0v) is 15.6. The van der Waals surface area contributed by atoms with Gasteiger partial charge in [-0.05, 0) is 54.6 Å². The van der Waals surface area contributed by atoms with Gasteiger partial charge < -0.3 is 14.5 Å². The second-order valence-corrected chi connectivity index (χ2v) is 7.43. The first kappa shape index (κ1) is 20.2. The van der Waals surface area contributed by atoms with Gasteiger partial charge in [0.1, 0.15) is 11.6 Å². The fourth-order valence-corrected chi connectivity index (χ4v) is 2.93. The van der Waals surface area contributed by atoms with Crippen LogP contribution in [0.15, 0.2) is 70.0 Å². The molecule has 0 aliphatic rings. The van der Waals surface area contributed by atoms with Crippen molar-refractivity contribution in [3.05, 3.63) is 72.2 Å². The zero-order chi connectivity index (χ0) is 21.0. The Hall–Kier alpha value is -3.50. The molecule has 10 heteroatoms. The summed E-state index contributed by atoms with van der Waals surface area (Å²) in [6, 6.07) is 13.7. The molecule has 0 unspecified atom stereocenters. The lowest BCUT2D eigenvalue weighted by atomic mass is 10.2. The molecule has 1 heterocycles. The molecule has 0 bridgehead atoms. The van der Waals surface area contributed by atoms with Crippen LogP contribution in [0.3, 0.4) is 0 Å². The molecule has 0 fully saturated rings. The molecule has 3 aromatic rings. The number of ether oxygens (including phenoxy) is 1. The first-order valence-corrected chi connectivity index (χ1v) is 9.72. The van der Waals surface area contributed by atoms with E-state index in [0.717, 1.165) is 0 Å². The first-order valence-electron chi connectivity index (χ1n) is 8.18. The number of esters is 1. The molecule has 2 aromatic carbocycles. The number of rotatable bonds is 6. The maximum absolute atomic E-state index is 13.0. The molecule has 3 N–H and O–H groups in total. The van der Waals surface area contributed by atoms with Crippen LogP contribution in [0.2, 0.25) is 0 Å². The van der Waals surface area contributed by atoms with Crippen LogP contribution in [0.4, 0.5) is 10.1 Å². The summed E-state index contributed by atoms with van der Waals surface area (Å²) in [5.41, 5.74) is 0.743. The van der Waals surface area contributed by atoms with Gasteiger partial charge in [0.15, 0.2) is 6.61 Å². The molecule has 0 saturated carbocycles. The Balaban J connectivity index is 1.58.